The Hall–Kier alpha value is -0.160. The van der Waals surface area contributed by atoms with Crippen LogP contribution in [0.2, 0.25) is 0 Å². The molecule has 1 rings (SSSR count). The molecule has 0 aromatic rings. The Morgan fingerprint density at radius 2 is 0.764 bits per heavy atom. The number of hydrogen-bond acceptors (Lipinski definition) is 4. The molecular formula is C51H104N2O2. The zero-order chi connectivity index (χ0) is 40.5. The smallest absolute Gasteiger partial charge is 0.156 e. The summed E-state index contributed by atoms with van der Waals surface area (Å²) >= 11 is 0. The largest absolute Gasteiger partial charge is 0.356 e. The second kappa shape index (κ2) is 34.7. The third kappa shape index (κ3) is 33.4. The Balaban J connectivity index is 2.49. The van der Waals surface area contributed by atoms with Gasteiger partial charge in [-0.2, -0.15) is 0 Å². The van der Waals surface area contributed by atoms with Crippen LogP contribution in [0.4, 0.5) is 0 Å². The van der Waals surface area contributed by atoms with Gasteiger partial charge in [-0.1, -0.05) is 215 Å². The van der Waals surface area contributed by atoms with E-state index in [2.05, 4.69) is 58.3 Å². The molecule has 0 aromatic carbocycles. The molecule has 0 N–H and O–H groups in total. The molecule has 0 radical (unpaired) electrons. The van der Waals surface area contributed by atoms with Crippen LogP contribution < -0.4 is 0 Å². The van der Waals surface area contributed by atoms with Crippen LogP contribution in [-0.2, 0) is 9.47 Å². The topological polar surface area (TPSA) is 24.9 Å². The molecule has 4 nitrogen and oxygen atoms in total. The first kappa shape index (κ1) is 52.9. The molecule has 0 aromatic heterocycles. The van der Waals surface area contributed by atoms with Crippen LogP contribution in [0, 0.1) is 22.7 Å². The van der Waals surface area contributed by atoms with Gasteiger partial charge in [-0.15, -0.1) is 0 Å². The van der Waals surface area contributed by atoms with Crippen molar-refractivity contribution in [1.82, 2.24) is 9.80 Å². The van der Waals surface area contributed by atoms with E-state index in [-0.39, 0.29) is 6.29 Å². The van der Waals surface area contributed by atoms with Gasteiger partial charge in [-0.25, -0.2) is 0 Å². The van der Waals surface area contributed by atoms with E-state index in [0.29, 0.717) is 10.8 Å². The quantitative estimate of drug-likeness (QED) is 0.0461. The lowest BCUT2D eigenvalue weighted by atomic mass is 9.82. The van der Waals surface area contributed by atoms with Crippen LogP contribution >= 0.6 is 0 Å². The molecule has 1 fully saturated rings. The molecule has 1 heterocycles. The molecule has 0 aliphatic carbocycles. The molecule has 1 saturated heterocycles. The lowest BCUT2D eigenvalue weighted by molar-refractivity contribution is -0.107. The molecule has 0 spiro atoms. The lowest BCUT2D eigenvalue weighted by Gasteiger charge is -2.43. The highest BCUT2D eigenvalue weighted by molar-refractivity contribution is 4.82. The van der Waals surface area contributed by atoms with Crippen molar-refractivity contribution >= 4 is 0 Å². The van der Waals surface area contributed by atoms with E-state index in [4.69, 9.17) is 9.47 Å². The van der Waals surface area contributed by atoms with Crippen molar-refractivity contribution in [2.75, 3.05) is 47.1 Å². The highest BCUT2D eigenvalue weighted by Gasteiger charge is 2.30. The van der Waals surface area contributed by atoms with Gasteiger partial charge in [0.2, 0.25) is 0 Å². The Bertz CT molecular complexity index is 756. The third-order valence-corrected chi connectivity index (χ3v) is 12.8. The standard InChI is InChI=1S/C51H104N2O2/c1-10-11-37-47(38-31-25-19-18-20-26-32-39-49(54-8)55-9)48-44-52(42-35-29-23-16-12-14-21-27-33-40-50(2,3)4)46-53(45-48)43-36-30-24-17-13-15-22-28-34-41-51(5,6)7/h47-49H,10-46H2,1-9H3. The summed E-state index contributed by atoms with van der Waals surface area (Å²) in [6.07, 6.45) is 44.9. The summed E-state index contributed by atoms with van der Waals surface area (Å²) in [6.45, 7) is 23.3. The van der Waals surface area contributed by atoms with Crippen molar-refractivity contribution in [3.63, 3.8) is 0 Å². The van der Waals surface area contributed by atoms with Crippen LogP contribution in [0.25, 0.3) is 0 Å². The van der Waals surface area contributed by atoms with Gasteiger partial charge in [0.25, 0.3) is 0 Å². The van der Waals surface area contributed by atoms with Crippen molar-refractivity contribution in [2.45, 2.75) is 260 Å². The van der Waals surface area contributed by atoms with Crippen molar-refractivity contribution in [3.8, 4) is 0 Å². The average Bonchev–Trinajstić information content (AvgIpc) is 3.14. The molecule has 1 atom stereocenters. The van der Waals surface area contributed by atoms with Crippen molar-refractivity contribution in [3.05, 3.63) is 0 Å². The molecule has 0 saturated carbocycles. The second-order valence-corrected chi connectivity index (χ2v) is 20.9. The summed E-state index contributed by atoms with van der Waals surface area (Å²) in [5.41, 5.74) is 1.01. The molecular weight excluding hydrogens is 673 g/mol. The first-order valence-corrected chi connectivity index (χ1v) is 25.0. The van der Waals surface area contributed by atoms with Gasteiger partial charge in [0.1, 0.15) is 0 Å². The van der Waals surface area contributed by atoms with Crippen molar-refractivity contribution < 1.29 is 9.47 Å². The average molecular weight is 777 g/mol. The summed E-state index contributed by atoms with van der Waals surface area (Å²) < 4.78 is 10.7. The summed E-state index contributed by atoms with van der Waals surface area (Å²) in [5.74, 6) is 1.78. The van der Waals surface area contributed by atoms with E-state index in [9.17, 15) is 0 Å². The predicted molar refractivity (Wildman–Crippen MR) is 245 cm³/mol. The molecule has 1 aliphatic heterocycles. The number of ether oxygens (including phenoxy) is 2. The number of methoxy groups -OCH3 is 2. The lowest BCUT2D eigenvalue weighted by Crippen LogP contribution is -2.51. The molecule has 1 unspecified atom stereocenters. The maximum absolute atomic E-state index is 5.36. The fourth-order valence-electron chi connectivity index (χ4n) is 9.21. The molecule has 4 heteroatoms. The Morgan fingerprint density at radius 3 is 1.13 bits per heavy atom. The van der Waals surface area contributed by atoms with Gasteiger partial charge >= 0.3 is 0 Å². The van der Waals surface area contributed by atoms with Gasteiger partial charge in [0, 0.05) is 27.3 Å². The first-order valence-electron chi connectivity index (χ1n) is 25.0. The summed E-state index contributed by atoms with van der Waals surface area (Å²) in [7, 11) is 3.51. The summed E-state index contributed by atoms with van der Waals surface area (Å²) in [4.78, 5) is 5.80. The normalized spacial score (nSPS) is 15.8. The fraction of sp³-hybridized carbons (Fsp3) is 1.00. The van der Waals surface area contributed by atoms with E-state index in [1.165, 1.54) is 232 Å². The van der Waals surface area contributed by atoms with Gasteiger partial charge in [0.15, 0.2) is 6.29 Å². The minimum Gasteiger partial charge on any atom is -0.356 e. The minimum absolute atomic E-state index is 0.0204. The van der Waals surface area contributed by atoms with Gasteiger partial charge in [-0.05, 0) is 74.3 Å². The highest BCUT2D eigenvalue weighted by Crippen LogP contribution is 2.30. The predicted octanol–water partition coefficient (Wildman–Crippen LogP) is 16.0. The number of hydrogen-bond donors (Lipinski definition) is 0. The van der Waals surface area contributed by atoms with Gasteiger partial charge in [0.05, 0.1) is 6.67 Å². The van der Waals surface area contributed by atoms with Crippen LogP contribution in [0.15, 0.2) is 0 Å². The fourth-order valence-corrected chi connectivity index (χ4v) is 9.21. The van der Waals surface area contributed by atoms with Crippen molar-refractivity contribution in [1.29, 1.82) is 0 Å². The molecule has 0 amide bonds. The zero-order valence-corrected chi connectivity index (χ0v) is 39.6. The van der Waals surface area contributed by atoms with E-state index in [0.717, 1.165) is 18.3 Å². The maximum Gasteiger partial charge on any atom is 0.156 e. The monoisotopic (exact) mass is 777 g/mol. The Morgan fingerprint density at radius 1 is 0.436 bits per heavy atom. The van der Waals surface area contributed by atoms with E-state index in [1.807, 2.05) is 0 Å². The maximum atomic E-state index is 5.36. The summed E-state index contributed by atoms with van der Waals surface area (Å²) in [6, 6.07) is 0. The highest BCUT2D eigenvalue weighted by atomic mass is 16.7. The zero-order valence-electron chi connectivity index (χ0n) is 39.6. The van der Waals surface area contributed by atoms with Gasteiger partial charge < -0.3 is 9.47 Å². The minimum atomic E-state index is -0.0204. The van der Waals surface area contributed by atoms with Crippen LogP contribution in [0.1, 0.15) is 254 Å². The van der Waals surface area contributed by atoms with Crippen LogP contribution in [-0.4, -0.2) is 63.2 Å². The molecule has 0 bridgehead atoms. The summed E-state index contributed by atoms with van der Waals surface area (Å²) in [5, 5.41) is 0. The SMILES string of the molecule is CCCCC(CCCCCCCCCC(OC)OC)C1CN(CCCCCCCCCCCC(C)(C)C)CN(CCCCCCCCCCCC(C)(C)C)C1. The number of rotatable bonds is 38. The Kier molecular flexibility index (Phi) is 33.3. The van der Waals surface area contributed by atoms with E-state index >= 15 is 0 Å². The van der Waals surface area contributed by atoms with Crippen molar-refractivity contribution in [2.24, 2.45) is 22.7 Å². The Labute approximate surface area is 348 Å². The second-order valence-electron chi connectivity index (χ2n) is 20.9. The number of unbranched alkanes of at least 4 members (excludes halogenated alkanes) is 23. The van der Waals surface area contributed by atoms with E-state index in [1.54, 1.807) is 14.2 Å². The molecule has 1 aliphatic rings. The first-order chi connectivity index (χ1) is 26.5. The van der Waals surface area contributed by atoms with E-state index < -0.39 is 0 Å². The van der Waals surface area contributed by atoms with Crippen LogP contribution in [0.3, 0.4) is 0 Å². The third-order valence-electron chi connectivity index (χ3n) is 12.8. The van der Waals surface area contributed by atoms with Gasteiger partial charge in [-0.3, -0.25) is 9.80 Å². The molecule has 55 heavy (non-hydrogen) atoms. The molecule has 330 valence electrons. The van der Waals surface area contributed by atoms with Crippen LogP contribution in [0.5, 0.6) is 0 Å². The number of nitrogens with zero attached hydrogens (tertiary/aromatic N) is 2.